The SMILES string of the molecule is O=S(=O)(NCCc1ccccc1F)c1ccc(F)c(Cl)c1. The van der Waals surface area contributed by atoms with Gasteiger partial charge in [0.05, 0.1) is 9.92 Å². The molecule has 0 saturated carbocycles. The maximum atomic E-state index is 13.4. The van der Waals surface area contributed by atoms with E-state index in [1.807, 2.05) is 0 Å². The number of halogens is 3. The molecule has 2 aromatic rings. The monoisotopic (exact) mass is 331 g/mol. The van der Waals surface area contributed by atoms with Crippen LogP contribution in [0.25, 0.3) is 0 Å². The number of sulfonamides is 1. The van der Waals surface area contributed by atoms with Crippen molar-refractivity contribution in [2.75, 3.05) is 6.54 Å². The van der Waals surface area contributed by atoms with E-state index in [9.17, 15) is 17.2 Å². The van der Waals surface area contributed by atoms with Gasteiger partial charge in [-0.2, -0.15) is 0 Å². The van der Waals surface area contributed by atoms with Crippen molar-refractivity contribution in [1.82, 2.24) is 4.72 Å². The zero-order chi connectivity index (χ0) is 15.5. The molecule has 0 amide bonds. The van der Waals surface area contributed by atoms with Gasteiger partial charge in [-0.05, 0) is 36.2 Å². The molecule has 0 aliphatic rings. The Labute approximate surface area is 126 Å². The maximum absolute atomic E-state index is 13.4. The highest BCUT2D eigenvalue weighted by molar-refractivity contribution is 7.89. The smallest absolute Gasteiger partial charge is 0.211 e. The summed E-state index contributed by atoms with van der Waals surface area (Å²) in [6.45, 7) is 0.0261. The molecule has 0 unspecified atom stereocenters. The standard InChI is InChI=1S/C14H12ClF2NO2S/c15-12-9-11(5-6-14(12)17)21(19,20)18-8-7-10-3-1-2-4-13(10)16/h1-6,9,18H,7-8H2. The molecule has 0 radical (unpaired) electrons. The summed E-state index contributed by atoms with van der Waals surface area (Å²) < 4.78 is 52.7. The van der Waals surface area contributed by atoms with Crippen LogP contribution in [0.15, 0.2) is 47.4 Å². The van der Waals surface area contributed by atoms with Crippen LogP contribution in [0, 0.1) is 11.6 Å². The lowest BCUT2D eigenvalue weighted by atomic mass is 10.1. The van der Waals surface area contributed by atoms with Crippen LogP contribution in [0.4, 0.5) is 8.78 Å². The molecule has 0 aliphatic heterocycles. The molecule has 0 saturated heterocycles. The zero-order valence-corrected chi connectivity index (χ0v) is 12.4. The third kappa shape index (κ3) is 4.00. The minimum absolute atomic E-state index is 0.0261. The van der Waals surface area contributed by atoms with Crippen LogP contribution in [-0.2, 0) is 16.4 Å². The zero-order valence-electron chi connectivity index (χ0n) is 10.8. The normalized spacial score (nSPS) is 11.6. The van der Waals surface area contributed by atoms with Gasteiger partial charge in [0, 0.05) is 6.54 Å². The molecule has 112 valence electrons. The second kappa shape index (κ2) is 6.51. The van der Waals surface area contributed by atoms with Crippen LogP contribution in [0.5, 0.6) is 0 Å². The molecule has 7 heteroatoms. The van der Waals surface area contributed by atoms with Crippen LogP contribution in [-0.4, -0.2) is 15.0 Å². The fourth-order valence-electron chi connectivity index (χ4n) is 1.75. The minimum Gasteiger partial charge on any atom is -0.211 e. The van der Waals surface area contributed by atoms with Crippen molar-refractivity contribution in [3.8, 4) is 0 Å². The van der Waals surface area contributed by atoms with E-state index in [4.69, 9.17) is 11.6 Å². The van der Waals surface area contributed by atoms with Gasteiger partial charge in [-0.25, -0.2) is 21.9 Å². The minimum atomic E-state index is -3.81. The Hall–Kier alpha value is -1.50. The fraction of sp³-hybridized carbons (Fsp3) is 0.143. The summed E-state index contributed by atoms with van der Waals surface area (Å²) >= 11 is 5.55. The molecule has 2 aromatic carbocycles. The molecule has 21 heavy (non-hydrogen) atoms. The Morgan fingerprint density at radius 1 is 1.05 bits per heavy atom. The average molecular weight is 332 g/mol. The first-order valence-electron chi connectivity index (χ1n) is 6.08. The summed E-state index contributed by atoms with van der Waals surface area (Å²) in [5, 5.41) is -0.271. The van der Waals surface area contributed by atoms with Gasteiger partial charge in [-0.1, -0.05) is 29.8 Å². The van der Waals surface area contributed by atoms with Gasteiger partial charge in [0.2, 0.25) is 10.0 Å². The highest BCUT2D eigenvalue weighted by Gasteiger charge is 2.15. The van der Waals surface area contributed by atoms with Crippen LogP contribution in [0.2, 0.25) is 5.02 Å². The third-order valence-corrected chi connectivity index (χ3v) is 4.59. The number of hydrogen-bond donors (Lipinski definition) is 1. The largest absolute Gasteiger partial charge is 0.240 e. The summed E-state index contributed by atoms with van der Waals surface area (Å²) in [6, 6.07) is 9.25. The summed E-state index contributed by atoms with van der Waals surface area (Å²) in [4.78, 5) is -0.137. The molecule has 1 N–H and O–H groups in total. The van der Waals surface area contributed by atoms with Crippen molar-refractivity contribution >= 4 is 21.6 Å². The van der Waals surface area contributed by atoms with Gasteiger partial charge >= 0.3 is 0 Å². The van der Waals surface area contributed by atoms with E-state index >= 15 is 0 Å². The summed E-state index contributed by atoms with van der Waals surface area (Å²) in [7, 11) is -3.81. The molecule has 0 atom stereocenters. The topological polar surface area (TPSA) is 46.2 Å². The molecule has 0 aromatic heterocycles. The maximum Gasteiger partial charge on any atom is 0.240 e. The Balaban J connectivity index is 2.05. The molecule has 0 bridgehead atoms. The van der Waals surface area contributed by atoms with Gasteiger partial charge in [0.15, 0.2) is 0 Å². The fourth-order valence-corrected chi connectivity index (χ4v) is 3.05. The molecule has 0 aliphatic carbocycles. The van der Waals surface area contributed by atoms with Crippen molar-refractivity contribution in [2.45, 2.75) is 11.3 Å². The molecule has 0 spiro atoms. The predicted octanol–water partition coefficient (Wildman–Crippen LogP) is 3.14. The van der Waals surface area contributed by atoms with Gasteiger partial charge in [0.1, 0.15) is 11.6 Å². The highest BCUT2D eigenvalue weighted by atomic mass is 35.5. The summed E-state index contributed by atoms with van der Waals surface area (Å²) in [5.41, 5.74) is 0.414. The summed E-state index contributed by atoms with van der Waals surface area (Å²) in [5.74, 6) is -1.08. The molecule has 0 heterocycles. The second-order valence-corrected chi connectivity index (χ2v) is 6.49. The first-order valence-corrected chi connectivity index (χ1v) is 7.94. The van der Waals surface area contributed by atoms with E-state index < -0.39 is 15.8 Å². The van der Waals surface area contributed by atoms with E-state index in [0.717, 1.165) is 18.2 Å². The highest BCUT2D eigenvalue weighted by Crippen LogP contribution is 2.19. The van der Waals surface area contributed by atoms with Gasteiger partial charge < -0.3 is 0 Å². The molecule has 3 nitrogen and oxygen atoms in total. The molecule has 0 fully saturated rings. The first kappa shape index (κ1) is 15.9. The Morgan fingerprint density at radius 3 is 2.43 bits per heavy atom. The number of nitrogens with one attached hydrogen (secondary N) is 1. The first-order chi connectivity index (χ1) is 9.90. The van der Waals surface area contributed by atoms with Crippen molar-refractivity contribution in [2.24, 2.45) is 0 Å². The summed E-state index contributed by atoms with van der Waals surface area (Å²) in [6.07, 6.45) is 0.209. The average Bonchev–Trinajstić information content (AvgIpc) is 2.44. The molecule has 2 rings (SSSR count). The Kier molecular flexibility index (Phi) is 4.92. The van der Waals surface area contributed by atoms with Crippen LogP contribution in [0.1, 0.15) is 5.56 Å². The Morgan fingerprint density at radius 2 is 1.76 bits per heavy atom. The second-order valence-electron chi connectivity index (χ2n) is 4.32. The van der Waals surface area contributed by atoms with Crippen molar-refractivity contribution in [3.63, 3.8) is 0 Å². The van der Waals surface area contributed by atoms with Crippen LogP contribution >= 0.6 is 11.6 Å². The van der Waals surface area contributed by atoms with E-state index in [2.05, 4.69) is 4.72 Å². The molecular formula is C14H12ClF2NO2S. The van der Waals surface area contributed by atoms with Crippen LogP contribution < -0.4 is 4.72 Å². The molecular weight excluding hydrogens is 320 g/mol. The van der Waals surface area contributed by atoms with E-state index in [0.29, 0.717) is 5.56 Å². The third-order valence-electron chi connectivity index (χ3n) is 2.85. The van der Waals surface area contributed by atoms with Gasteiger partial charge in [0.25, 0.3) is 0 Å². The van der Waals surface area contributed by atoms with Gasteiger partial charge in [-0.15, -0.1) is 0 Å². The van der Waals surface area contributed by atoms with E-state index in [-0.39, 0.29) is 28.7 Å². The van der Waals surface area contributed by atoms with Crippen molar-refractivity contribution in [3.05, 3.63) is 64.7 Å². The van der Waals surface area contributed by atoms with E-state index in [1.165, 1.54) is 6.07 Å². The number of hydrogen-bond acceptors (Lipinski definition) is 2. The lowest BCUT2D eigenvalue weighted by Crippen LogP contribution is -2.26. The van der Waals surface area contributed by atoms with E-state index in [1.54, 1.807) is 18.2 Å². The lowest BCUT2D eigenvalue weighted by molar-refractivity contribution is 0.576. The van der Waals surface area contributed by atoms with Crippen molar-refractivity contribution in [1.29, 1.82) is 0 Å². The predicted molar refractivity (Wildman–Crippen MR) is 76.7 cm³/mol. The lowest BCUT2D eigenvalue weighted by Gasteiger charge is -2.08. The van der Waals surface area contributed by atoms with Crippen molar-refractivity contribution < 1.29 is 17.2 Å². The van der Waals surface area contributed by atoms with Gasteiger partial charge in [-0.3, -0.25) is 0 Å². The quantitative estimate of drug-likeness (QED) is 0.915. The number of rotatable bonds is 5. The Bertz CT molecular complexity index is 750. The number of benzene rings is 2. The van der Waals surface area contributed by atoms with Crippen LogP contribution in [0.3, 0.4) is 0 Å².